The van der Waals surface area contributed by atoms with Crippen molar-refractivity contribution in [2.24, 2.45) is 0 Å². The number of esters is 1. The van der Waals surface area contributed by atoms with Crippen LogP contribution in [0.3, 0.4) is 0 Å². The van der Waals surface area contributed by atoms with Gasteiger partial charge in [0.05, 0.1) is 13.0 Å². The first-order valence-corrected chi connectivity index (χ1v) is 7.08. The molecular formula is C14H18BrNO2. The molecule has 1 aromatic carbocycles. The molecule has 0 unspecified atom stereocenters. The summed E-state index contributed by atoms with van der Waals surface area (Å²) in [7, 11) is 1.45. The first-order chi connectivity index (χ1) is 8.72. The van der Waals surface area contributed by atoms with Gasteiger partial charge < -0.3 is 10.1 Å². The van der Waals surface area contributed by atoms with Gasteiger partial charge in [0.25, 0.3) is 0 Å². The molecule has 18 heavy (non-hydrogen) atoms. The van der Waals surface area contributed by atoms with Crippen molar-refractivity contribution in [3.63, 3.8) is 0 Å². The maximum absolute atomic E-state index is 12.0. The normalized spacial score (nSPS) is 21.3. The predicted molar refractivity (Wildman–Crippen MR) is 74.5 cm³/mol. The van der Waals surface area contributed by atoms with Gasteiger partial charge in [0.2, 0.25) is 0 Å². The van der Waals surface area contributed by atoms with Crippen LogP contribution in [0.15, 0.2) is 28.7 Å². The zero-order chi connectivity index (χ0) is 13.0. The Morgan fingerprint density at radius 2 is 2.33 bits per heavy atom. The van der Waals surface area contributed by atoms with Crippen molar-refractivity contribution < 1.29 is 9.53 Å². The van der Waals surface area contributed by atoms with E-state index < -0.39 is 0 Å². The van der Waals surface area contributed by atoms with Crippen LogP contribution in [0.1, 0.15) is 30.7 Å². The molecule has 0 bridgehead atoms. The standard InChI is InChI=1S/C14H18BrNO2/c1-18-14(17)13(12-7-2-3-8-16-12)10-5-4-6-11(15)9-10/h4-6,9,12-13,16H,2-3,7-8H2,1H3/t12-,13+/m1/s1. The molecule has 4 heteroatoms. The Morgan fingerprint density at radius 3 is 2.94 bits per heavy atom. The van der Waals surface area contributed by atoms with Crippen LogP contribution in [0.4, 0.5) is 0 Å². The van der Waals surface area contributed by atoms with Gasteiger partial charge in [0.1, 0.15) is 0 Å². The monoisotopic (exact) mass is 311 g/mol. The third kappa shape index (κ3) is 3.12. The van der Waals surface area contributed by atoms with Crippen LogP contribution in [0.2, 0.25) is 0 Å². The van der Waals surface area contributed by atoms with Gasteiger partial charge in [-0.1, -0.05) is 34.5 Å². The summed E-state index contributed by atoms with van der Waals surface area (Å²) >= 11 is 3.45. The van der Waals surface area contributed by atoms with E-state index >= 15 is 0 Å². The van der Waals surface area contributed by atoms with Gasteiger partial charge in [0.15, 0.2) is 0 Å². The Balaban J connectivity index is 2.26. The van der Waals surface area contributed by atoms with E-state index in [2.05, 4.69) is 21.2 Å². The summed E-state index contributed by atoms with van der Waals surface area (Å²) in [4.78, 5) is 12.0. The molecular weight excluding hydrogens is 294 g/mol. The average Bonchev–Trinajstić information content (AvgIpc) is 2.40. The van der Waals surface area contributed by atoms with Gasteiger partial charge in [-0.3, -0.25) is 4.79 Å². The minimum Gasteiger partial charge on any atom is -0.469 e. The van der Waals surface area contributed by atoms with Crippen LogP contribution in [0.5, 0.6) is 0 Å². The molecule has 0 saturated carbocycles. The minimum absolute atomic E-state index is 0.160. The topological polar surface area (TPSA) is 38.3 Å². The number of benzene rings is 1. The van der Waals surface area contributed by atoms with Crippen molar-refractivity contribution in [3.8, 4) is 0 Å². The van der Waals surface area contributed by atoms with Gasteiger partial charge in [-0.15, -0.1) is 0 Å². The fraction of sp³-hybridized carbons (Fsp3) is 0.500. The Bertz CT molecular complexity index is 416. The molecule has 1 fully saturated rings. The molecule has 1 aliphatic rings. The third-order valence-electron chi connectivity index (χ3n) is 3.41. The second-order valence-corrected chi connectivity index (χ2v) is 5.53. The summed E-state index contributed by atoms with van der Waals surface area (Å²) in [6, 6.07) is 8.09. The maximum atomic E-state index is 12.0. The van der Waals surface area contributed by atoms with E-state index in [0.29, 0.717) is 0 Å². The first kappa shape index (κ1) is 13.6. The minimum atomic E-state index is -0.215. The van der Waals surface area contributed by atoms with Crippen molar-refractivity contribution in [3.05, 3.63) is 34.3 Å². The van der Waals surface area contributed by atoms with Crippen LogP contribution >= 0.6 is 15.9 Å². The highest BCUT2D eigenvalue weighted by Crippen LogP contribution is 2.28. The summed E-state index contributed by atoms with van der Waals surface area (Å²) in [5.41, 5.74) is 1.01. The quantitative estimate of drug-likeness (QED) is 0.872. The van der Waals surface area contributed by atoms with E-state index in [1.165, 1.54) is 20.0 Å². The molecule has 1 aromatic rings. The Kier molecular flexibility index (Phi) is 4.78. The van der Waals surface area contributed by atoms with Crippen LogP contribution in [0, 0.1) is 0 Å². The fourth-order valence-electron chi connectivity index (χ4n) is 2.52. The Labute approximate surface area is 116 Å². The van der Waals surface area contributed by atoms with E-state index in [4.69, 9.17) is 4.74 Å². The summed E-state index contributed by atoms with van der Waals surface area (Å²) in [5, 5.41) is 3.44. The van der Waals surface area contributed by atoms with Gasteiger partial charge in [0, 0.05) is 10.5 Å². The zero-order valence-corrected chi connectivity index (χ0v) is 12.1. The highest BCUT2D eigenvalue weighted by molar-refractivity contribution is 9.10. The largest absolute Gasteiger partial charge is 0.469 e. The number of halogens is 1. The van der Waals surface area contributed by atoms with E-state index in [-0.39, 0.29) is 17.9 Å². The lowest BCUT2D eigenvalue weighted by molar-refractivity contribution is -0.143. The number of ether oxygens (including phenoxy) is 1. The number of hydrogen-bond donors (Lipinski definition) is 1. The van der Waals surface area contributed by atoms with E-state index in [1.54, 1.807) is 0 Å². The number of methoxy groups -OCH3 is 1. The van der Waals surface area contributed by atoms with Crippen molar-refractivity contribution in [1.82, 2.24) is 5.32 Å². The lowest BCUT2D eigenvalue weighted by Gasteiger charge is -2.30. The predicted octanol–water partition coefficient (Wildman–Crippen LogP) is 2.85. The molecule has 1 N–H and O–H groups in total. The first-order valence-electron chi connectivity index (χ1n) is 6.29. The molecule has 0 amide bonds. The summed E-state index contributed by atoms with van der Waals surface area (Å²) in [6.07, 6.45) is 3.37. The molecule has 3 nitrogen and oxygen atoms in total. The van der Waals surface area contributed by atoms with Crippen LogP contribution < -0.4 is 5.32 Å². The second-order valence-electron chi connectivity index (χ2n) is 4.61. The van der Waals surface area contributed by atoms with E-state index in [1.807, 2.05) is 24.3 Å². The molecule has 2 rings (SSSR count). The maximum Gasteiger partial charge on any atom is 0.314 e. The molecule has 2 atom stereocenters. The molecule has 0 aliphatic carbocycles. The highest BCUT2D eigenvalue weighted by Gasteiger charge is 2.31. The van der Waals surface area contributed by atoms with E-state index in [0.717, 1.165) is 23.0 Å². The van der Waals surface area contributed by atoms with Crippen molar-refractivity contribution in [2.45, 2.75) is 31.2 Å². The van der Waals surface area contributed by atoms with Crippen molar-refractivity contribution >= 4 is 21.9 Å². The number of carbonyl (C=O) groups excluding carboxylic acids is 1. The summed E-state index contributed by atoms with van der Waals surface area (Å²) in [6.45, 7) is 0.978. The van der Waals surface area contributed by atoms with Gasteiger partial charge >= 0.3 is 5.97 Å². The van der Waals surface area contributed by atoms with Crippen molar-refractivity contribution in [2.75, 3.05) is 13.7 Å². The van der Waals surface area contributed by atoms with Crippen molar-refractivity contribution in [1.29, 1.82) is 0 Å². The average molecular weight is 312 g/mol. The number of piperidine rings is 1. The number of rotatable bonds is 3. The van der Waals surface area contributed by atoms with Gasteiger partial charge in [-0.05, 0) is 37.1 Å². The van der Waals surface area contributed by atoms with Crippen LogP contribution in [-0.4, -0.2) is 25.7 Å². The van der Waals surface area contributed by atoms with Gasteiger partial charge in [-0.2, -0.15) is 0 Å². The summed E-state index contributed by atoms with van der Waals surface area (Å²) in [5.74, 6) is -0.375. The number of nitrogens with one attached hydrogen (secondary N) is 1. The van der Waals surface area contributed by atoms with Crippen LogP contribution in [0.25, 0.3) is 0 Å². The smallest absolute Gasteiger partial charge is 0.314 e. The Morgan fingerprint density at radius 1 is 1.50 bits per heavy atom. The lowest BCUT2D eigenvalue weighted by atomic mass is 9.86. The van der Waals surface area contributed by atoms with Gasteiger partial charge in [-0.25, -0.2) is 0 Å². The van der Waals surface area contributed by atoms with Crippen LogP contribution in [-0.2, 0) is 9.53 Å². The number of carbonyl (C=O) groups is 1. The molecule has 98 valence electrons. The molecule has 0 aromatic heterocycles. The molecule has 0 radical (unpaired) electrons. The lowest BCUT2D eigenvalue weighted by Crippen LogP contribution is -2.42. The molecule has 1 aliphatic heterocycles. The third-order valence-corrected chi connectivity index (χ3v) is 3.91. The zero-order valence-electron chi connectivity index (χ0n) is 10.5. The second kappa shape index (κ2) is 6.34. The molecule has 1 saturated heterocycles. The molecule has 0 spiro atoms. The van der Waals surface area contributed by atoms with E-state index in [9.17, 15) is 4.79 Å². The summed E-state index contributed by atoms with van der Waals surface area (Å²) < 4.78 is 5.96. The number of hydrogen-bond acceptors (Lipinski definition) is 3. The fourth-order valence-corrected chi connectivity index (χ4v) is 2.94. The highest BCUT2D eigenvalue weighted by atomic mass is 79.9. The SMILES string of the molecule is COC(=O)[C@@H](c1cccc(Br)c1)[C@H]1CCCCN1. The molecule has 1 heterocycles. The Hall–Kier alpha value is -0.870.